The van der Waals surface area contributed by atoms with Crippen molar-refractivity contribution in [1.82, 2.24) is 15.6 Å². The molecule has 204 valence electrons. The highest BCUT2D eigenvalue weighted by atomic mass is 32.2. The molecule has 0 bridgehead atoms. The van der Waals surface area contributed by atoms with Gasteiger partial charge in [-0.1, -0.05) is 49.7 Å². The number of nitrogens with zero attached hydrogens (tertiary/aromatic N) is 1. The number of nitrogens with one attached hydrogen (secondary N) is 3. The first-order valence-corrected chi connectivity index (χ1v) is 13.9. The Kier molecular flexibility index (Phi) is 17.3. The van der Waals surface area contributed by atoms with Crippen LogP contribution in [0.25, 0.3) is 0 Å². The summed E-state index contributed by atoms with van der Waals surface area (Å²) >= 11 is 0.970. The van der Waals surface area contributed by atoms with E-state index in [-0.39, 0.29) is 36.3 Å². The Morgan fingerprint density at radius 2 is 1.78 bits per heavy atom. The number of hydrogen-bond acceptors (Lipinski definition) is 9. The molecule has 0 spiro atoms. The van der Waals surface area contributed by atoms with Crippen LogP contribution in [-0.4, -0.2) is 81.2 Å². The molecule has 1 heterocycles. The van der Waals surface area contributed by atoms with Gasteiger partial charge < -0.3 is 25.6 Å². The molecule has 0 fully saturated rings. The molecule has 0 aliphatic carbocycles. The Bertz CT molecular complexity index is 981. The van der Waals surface area contributed by atoms with Gasteiger partial charge in [0, 0.05) is 25.6 Å². The van der Waals surface area contributed by atoms with Gasteiger partial charge in [-0.2, -0.15) is 0 Å². The average molecular weight is 547 g/mol. The van der Waals surface area contributed by atoms with E-state index >= 15 is 0 Å². The van der Waals surface area contributed by atoms with E-state index in [1.165, 1.54) is 10.9 Å². The number of amides is 2. The molecule has 13 heteroatoms. The van der Waals surface area contributed by atoms with Crippen molar-refractivity contribution < 1.29 is 33.0 Å². The molecule has 0 aliphatic heterocycles. The molecule has 2 rings (SSSR count). The number of methoxy groups -OCH3 is 1. The fourth-order valence-electron chi connectivity index (χ4n) is 2.19. The van der Waals surface area contributed by atoms with Crippen LogP contribution in [0.2, 0.25) is 0 Å². The number of ether oxygens (including phenoxy) is 1. The lowest BCUT2D eigenvalue weighted by atomic mass is 10.2. The van der Waals surface area contributed by atoms with Crippen molar-refractivity contribution in [2.45, 2.75) is 33.3 Å². The van der Waals surface area contributed by atoms with Gasteiger partial charge in [-0.05, 0) is 12.8 Å². The maximum absolute atomic E-state index is 11.9. The number of carbonyl (C=O) groups excluding carboxylic acids is 2. The highest BCUT2D eigenvalue weighted by Gasteiger charge is 2.16. The Balaban J connectivity index is 0.000000830. The number of aromatic nitrogens is 1. The lowest BCUT2D eigenvalue weighted by molar-refractivity contribution is -0.123. The standard InChI is InChI=1S/C13H22N4O5S2.C7H8.C3H8O2/c1-8(2)5-14-11(19)4-9(18)6-15-12(20)10-7-23-13(16-10)17-24(3,21)22;1-7-5-3-2-4-6-7;1-5-3-2-4/h7-9,18H,4-6H2,1-3H3,(H,14,19)(H,15,20)(H,16,17);2-6H,1H3;4H,2-3H2,1H3. The maximum Gasteiger partial charge on any atom is 0.270 e. The fraction of sp³-hybridized carbons (Fsp3) is 0.522. The summed E-state index contributed by atoms with van der Waals surface area (Å²) < 4.78 is 28.8. The molecule has 0 saturated heterocycles. The van der Waals surface area contributed by atoms with Gasteiger partial charge in [-0.25, -0.2) is 13.4 Å². The van der Waals surface area contributed by atoms with E-state index in [0.29, 0.717) is 19.1 Å². The first-order chi connectivity index (χ1) is 16.9. The Labute approximate surface area is 217 Å². The minimum Gasteiger partial charge on any atom is -0.394 e. The normalized spacial score (nSPS) is 11.3. The van der Waals surface area contributed by atoms with E-state index < -0.39 is 22.0 Å². The predicted octanol–water partition coefficient (Wildman–Crippen LogP) is 1.39. The number of anilines is 1. The minimum absolute atomic E-state index is 0.0302. The molecular formula is C23H38N4O7S2. The Morgan fingerprint density at radius 3 is 2.22 bits per heavy atom. The highest BCUT2D eigenvalue weighted by Crippen LogP contribution is 2.16. The van der Waals surface area contributed by atoms with E-state index in [4.69, 9.17) is 5.11 Å². The van der Waals surface area contributed by atoms with Gasteiger partial charge in [-0.15, -0.1) is 11.3 Å². The number of carbonyl (C=O) groups is 2. The first kappa shape index (κ1) is 33.4. The van der Waals surface area contributed by atoms with Gasteiger partial charge in [0.2, 0.25) is 15.9 Å². The second-order valence-electron chi connectivity index (χ2n) is 8.05. The molecule has 1 atom stereocenters. The summed E-state index contributed by atoms with van der Waals surface area (Å²) in [7, 11) is -1.91. The van der Waals surface area contributed by atoms with Crippen LogP contribution in [0.5, 0.6) is 0 Å². The number of hydrogen-bond donors (Lipinski definition) is 5. The van der Waals surface area contributed by atoms with E-state index in [2.05, 4.69) is 44.1 Å². The van der Waals surface area contributed by atoms with Crippen LogP contribution in [0.3, 0.4) is 0 Å². The zero-order valence-electron chi connectivity index (χ0n) is 21.4. The van der Waals surface area contributed by atoms with E-state index in [9.17, 15) is 23.1 Å². The summed E-state index contributed by atoms with van der Waals surface area (Å²) in [5, 5.41) is 24.3. The van der Waals surface area contributed by atoms with Gasteiger partial charge in [0.1, 0.15) is 5.69 Å². The largest absolute Gasteiger partial charge is 0.394 e. The highest BCUT2D eigenvalue weighted by molar-refractivity contribution is 7.92. The van der Waals surface area contributed by atoms with Gasteiger partial charge in [0.15, 0.2) is 5.13 Å². The van der Waals surface area contributed by atoms with E-state index in [0.717, 1.165) is 17.6 Å². The van der Waals surface area contributed by atoms with Crippen molar-refractivity contribution in [3.63, 3.8) is 0 Å². The number of aliphatic hydroxyl groups is 2. The van der Waals surface area contributed by atoms with Gasteiger partial charge in [0.05, 0.1) is 32.0 Å². The molecule has 1 aromatic carbocycles. The van der Waals surface area contributed by atoms with Crippen LogP contribution in [0.15, 0.2) is 35.7 Å². The average Bonchev–Trinajstić information content (AvgIpc) is 3.25. The quantitative estimate of drug-likeness (QED) is 0.282. The van der Waals surface area contributed by atoms with Crippen LogP contribution in [0, 0.1) is 12.8 Å². The van der Waals surface area contributed by atoms with Crippen LogP contribution < -0.4 is 15.4 Å². The van der Waals surface area contributed by atoms with Crippen molar-refractivity contribution in [3.05, 3.63) is 47.0 Å². The summed E-state index contributed by atoms with van der Waals surface area (Å²) in [6.07, 6.45) is -0.159. The number of benzene rings is 1. The number of rotatable bonds is 11. The molecule has 0 aliphatic rings. The monoisotopic (exact) mass is 546 g/mol. The smallest absolute Gasteiger partial charge is 0.270 e. The molecule has 5 N–H and O–H groups in total. The molecule has 1 aromatic heterocycles. The summed E-state index contributed by atoms with van der Waals surface area (Å²) in [6, 6.07) is 10.3. The van der Waals surface area contributed by atoms with Gasteiger partial charge >= 0.3 is 0 Å². The van der Waals surface area contributed by atoms with E-state index in [1.54, 1.807) is 7.11 Å². The molecule has 2 aromatic rings. The number of thiazole rings is 1. The molecule has 2 amide bonds. The second-order valence-corrected chi connectivity index (χ2v) is 10.7. The zero-order chi connectivity index (χ0) is 27.6. The summed E-state index contributed by atoms with van der Waals surface area (Å²) in [6.45, 7) is 6.97. The van der Waals surface area contributed by atoms with Crippen molar-refractivity contribution in [1.29, 1.82) is 0 Å². The minimum atomic E-state index is -3.46. The van der Waals surface area contributed by atoms with Crippen molar-refractivity contribution in [3.8, 4) is 0 Å². The fourth-order valence-corrected chi connectivity index (χ4v) is 3.73. The maximum atomic E-state index is 11.9. The number of sulfonamides is 1. The molecule has 1 unspecified atom stereocenters. The van der Waals surface area contributed by atoms with Crippen LogP contribution >= 0.6 is 11.3 Å². The van der Waals surface area contributed by atoms with Crippen LogP contribution in [0.4, 0.5) is 5.13 Å². The van der Waals surface area contributed by atoms with Gasteiger partial charge in [0.25, 0.3) is 5.91 Å². The summed E-state index contributed by atoms with van der Waals surface area (Å²) in [5.74, 6) is -0.543. The molecule has 11 nitrogen and oxygen atoms in total. The van der Waals surface area contributed by atoms with Crippen molar-refractivity contribution in [2.24, 2.45) is 5.92 Å². The third-order valence-corrected chi connectivity index (χ3v) is 5.32. The van der Waals surface area contributed by atoms with Crippen LogP contribution in [0.1, 0.15) is 36.3 Å². The SMILES string of the molecule is CC(C)CNC(=O)CC(O)CNC(=O)c1csc(NS(C)(=O)=O)n1.COCCO.Cc1ccccc1. The predicted molar refractivity (Wildman–Crippen MR) is 142 cm³/mol. The molecule has 0 radical (unpaired) electrons. The Morgan fingerprint density at radius 1 is 1.14 bits per heavy atom. The lowest BCUT2D eigenvalue weighted by Crippen LogP contribution is -2.36. The number of aliphatic hydroxyl groups excluding tert-OH is 2. The summed E-state index contributed by atoms with van der Waals surface area (Å²) in [5.41, 5.74) is 1.35. The molecule has 36 heavy (non-hydrogen) atoms. The first-order valence-electron chi connectivity index (χ1n) is 11.2. The third kappa shape index (κ3) is 18.7. The lowest BCUT2D eigenvalue weighted by Gasteiger charge is -2.12. The third-order valence-electron chi connectivity index (χ3n) is 3.87. The van der Waals surface area contributed by atoms with Gasteiger partial charge in [-0.3, -0.25) is 14.3 Å². The topological polar surface area (TPSA) is 167 Å². The summed E-state index contributed by atoms with van der Waals surface area (Å²) in [4.78, 5) is 27.3. The molecular weight excluding hydrogens is 508 g/mol. The zero-order valence-corrected chi connectivity index (χ0v) is 23.0. The molecule has 0 saturated carbocycles. The van der Waals surface area contributed by atoms with Crippen LogP contribution in [-0.2, 0) is 19.6 Å². The van der Waals surface area contributed by atoms with Crippen molar-refractivity contribution in [2.75, 3.05) is 44.4 Å². The van der Waals surface area contributed by atoms with E-state index in [1.807, 2.05) is 32.0 Å². The second kappa shape index (κ2) is 18.7. The number of aryl methyl sites for hydroxylation is 1. The van der Waals surface area contributed by atoms with Crippen molar-refractivity contribution >= 4 is 38.3 Å². The Hall–Kier alpha value is -2.58.